The average molecular weight is 574 g/mol. The minimum absolute atomic E-state index is 0.0676. The molecular formula is C33H51NO5S. The lowest BCUT2D eigenvalue weighted by Gasteiger charge is -2.23. The summed E-state index contributed by atoms with van der Waals surface area (Å²) in [6.07, 6.45) is 16.9. The maximum atomic E-state index is 12.5. The van der Waals surface area contributed by atoms with E-state index >= 15 is 0 Å². The summed E-state index contributed by atoms with van der Waals surface area (Å²) in [4.78, 5) is 14.2. The first-order valence-electron chi connectivity index (χ1n) is 15.0. The molecule has 1 amide bonds. The van der Waals surface area contributed by atoms with Crippen LogP contribution in [0.5, 0.6) is 5.75 Å². The highest BCUT2D eigenvalue weighted by molar-refractivity contribution is 7.85. The molecule has 0 saturated carbocycles. The molecule has 6 nitrogen and oxygen atoms in total. The van der Waals surface area contributed by atoms with Crippen LogP contribution in [0.1, 0.15) is 113 Å². The van der Waals surface area contributed by atoms with Gasteiger partial charge in [-0.2, -0.15) is 8.42 Å². The summed E-state index contributed by atoms with van der Waals surface area (Å²) in [5.74, 6) is 0.838. The third kappa shape index (κ3) is 13.3. The van der Waals surface area contributed by atoms with Crippen molar-refractivity contribution in [3.63, 3.8) is 0 Å². The van der Waals surface area contributed by atoms with Crippen LogP contribution < -0.4 is 9.64 Å². The number of aryl methyl sites for hydroxylation is 2. The van der Waals surface area contributed by atoms with Crippen LogP contribution in [0.15, 0.2) is 36.4 Å². The van der Waals surface area contributed by atoms with E-state index in [4.69, 9.17) is 8.92 Å². The van der Waals surface area contributed by atoms with E-state index in [1.54, 1.807) is 23.1 Å². The molecule has 0 aliphatic rings. The predicted octanol–water partition coefficient (Wildman–Crippen LogP) is 8.41. The molecule has 0 aliphatic carbocycles. The van der Waals surface area contributed by atoms with Gasteiger partial charge in [0.2, 0.25) is 5.91 Å². The van der Waals surface area contributed by atoms with Crippen LogP contribution >= 0.6 is 0 Å². The third-order valence-corrected chi connectivity index (χ3v) is 7.69. The fourth-order valence-electron chi connectivity index (χ4n) is 5.03. The summed E-state index contributed by atoms with van der Waals surface area (Å²) in [7, 11) is -3.55. The zero-order chi connectivity index (χ0) is 29.4. The molecule has 2 aromatic carbocycles. The number of ether oxygens (including phenoxy) is 1. The molecule has 0 N–H and O–H groups in total. The highest BCUT2D eigenvalue weighted by Gasteiger charge is 2.15. The van der Waals surface area contributed by atoms with Crippen LogP contribution in [0.3, 0.4) is 0 Å². The summed E-state index contributed by atoms with van der Waals surface area (Å²) in [5, 5.41) is 0. The van der Waals surface area contributed by atoms with Crippen LogP contribution in [0, 0.1) is 13.8 Å². The Balaban J connectivity index is 1.81. The van der Waals surface area contributed by atoms with Gasteiger partial charge in [-0.25, -0.2) is 0 Å². The van der Waals surface area contributed by atoms with Gasteiger partial charge in [0.25, 0.3) is 10.1 Å². The lowest BCUT2D eigenvalue weighted by atomic mass is 10.0. The fourth-order valence-corrected chi connectivity index (χ4v) is 5.38. The minimum atomic E-state index is -3.55. The van der Waals surface area contributed by atoms with Crippen molar-refractivity contribution in [2.24, 2.45) is 0 Å². The Bertz CT molecular complexity index is 1120. The van der Waals surface area contributed by atoms with Crippen LogP contribution in [0.4, 0.5) is 5.69 Å². The summed E-state index contributed by atoms with van der Waals surface area (Å²) in [5.41, 5.74) is 4.52. The van der Waals surface area contributed by atoms with Crippen molar-refractivity contribution in [3.05, 3.63) is 58.7 Å². The predicted molar refractivity (Wildman–Crippen MR) is 165 cm³/mol. The molecule has 7 heteroatoms. The van der Waals surface area contributed by atoms with E-state index in [-0.39, 0.29) is 12.5 Å². The highest BCUT2D eigenvalue weighted by Crippen LogP contribution is 2.27. The Hall–Kier alpha value is -2.38. The van der Waals surface area contributed by atoms with Crippen molar-refractivity contribution < 1.29 is 22.1 Å². The lowest BCUT2D eigenvalue weighted by Crippen LogP contribution is -2.28. The van der Waals surface area contributed by atoms with Crippen molar-refractivity contribution >= 4 is 21.7 Å². The second-order valence-electron chi connectivity index (χ2n) is 11.0. The van der Waals surface area contributed by atoms with Crippen molar-refractivity contribution in [1.29, 1.82) is 0 Å². The molecule has 0 saturated heterocycles. The van der Waals surface area contributed by atoms with Gasteiger partial charge >= 0.3 is 0 Å². The molecule has 2 aromatic rings. The van der Waals surface area contributed by atoms with Crippen molar-refractivity contribution in [3.8, 4) is 5.75 Å². The molecule has 0 unspecified atom stereocenters. The van der Waals surface area contributed by atoms with Crippen molar-refractivity contribution in [2.45, 2.75) is 118 Å². The van der Waals surface area contributed by atoms with Gasteiger partial charge in [-0.1, -0.05) is 102 Å². The molecule has 0 spiro atoms. The van der Waals surface area contributed by atoms with Crippen molar-refractivity contribution in [2.75, 3.05) is 17.8 Å². The number of hydrogen-bond donors (Lipinski definition) is 0. The molecule has 0 fully saturated rings. The quantitative estimate of drug-likeness (QED) is 0.117. The average Bonchev–Trinajstić information content (AvgIpc) is 2.89. The first-order valence-corrected chi connectivity index (χ1v) is 16.9. The summed E-state index contributed by atoms with van der Waals surface area (Å²) >= 11 is 0. The maximum Gasteiger partial charge on any atom is 0.264 e. The Morgan fingerprint density at radius 1 is 0.800 bits per heavy atom. The van der Waals surface area contributed by atoms with E-state index < -0.39 is 10.1 Å². The molecule has 0 aromatic heterocycles. The molecule has 0 radical (unpaired) electrons. The van der Waals surface area contributed by atoms with E-state index in [1.807, 2.05) is 6.07 Å². The van der Waals surface area contributed by atoms with Gasteiger partial charge < -0.3 is 9.64 Å². The van der Waals surface area contributed by atoms with Crippen LogP contribution in [0.25, 0.3) is 0 Å². The molecule has 0 atom stereocenters. The summed E-state index contributed by atoms with van der Waals surface area (Å²) in [6, 6.07) is 11.4. The number of hydrogen-bond acceptors (Lipinski definition) is 5. The van der Waals surface area contributed by atoms with Gasteiger partial charge in [-0.3, -0.25) is 8.98 Å². The SMILES string of the molecule is CCCCCCCCCCCCCCOc1c(C)cc(CN(C(C)=O)c2cccc(COS(C)(=O)=O)c2)cc1C. The third-order valence-electron chi connectivity index (χ3n) is 7.15. The van der Waals surface area contributed by atoms with Crippen LogP contribution in [0.2, 0.25) is 0 Å². The molecule has 2 rings (SSSR count). The molecule has 0 bridgehead atoms. The lowest BCUT2D eigenvalue weighted by molar-refractivity contribution is -0.116. The van der Waals surface area contributed by atoms with Crippen LogP contribution in [-0.4, -0.2) is 27.2 Å². The Kier molecular flexibility index (Phi) is 15.3. The highest BCUT2D eigenvalue weighted by atomic mass is 32.2. The van der Waals surface area contributed by atoms with Gasteiger partial charge in [0.15, 0.2) is 0 Å². The number of anilines is 1. The number of carbonyl (C=O) groups is 1. The largest absolute Gasteiger partial charge is 0.493 e. The molecule has 0 aliphatic heterocycles. The molecule has 224 valence electrons. The number of amides is 1. The molecular weight excluding hydrogens is 522 g/mol. The number of benzene rings is 2. The first kappa shape index (κ1) is 33.8. The normalized spacial score (nSPS) is 11.5. The molecule has 0 heterocycles. The van der Waals surface area contributed by atoms with Crippen molar-refractivity contribution in [1.82, 2.24) is 0 Å². The zero-order valence-electron chi connectivity index (χ0n) is 25.5. The van der Waals surface area contributed by atoms with Gasteiger partial charge in [-0.15, -0.1) is 0 Å². The zero-order valence-corrected chi connectivity index (χ0v) is 26.3. The minimum Gasteiger partial charge on any atom is -0.493 e. The maximum absolute atomic E-state index is 12.5. The number of rotatable bonds is 20. The van der Waals surface area contributed by atoms with E-state index in [9.17, 15) is 13.2 Å². The van der Waals surface area contributed by atoms with Gasteiger partial charge in [0.05, 0.1) is 26.0 Å². The number of unbranched alkanes of at least 4 members (excludes halogenated alkanes) is 11. The van der Waals surface area contributed by atoms with E-state index in [2.05, 4.69) is 32.9 Å². The topological polar surface area (TPSA) is 72.9 Å². The van der Waals surface area contributed by atoms with E-state index in [0.717, 1.165) is 41.7 Å². The standard InChI is InChI=1S/C33H51NO5S/c1-6-7-8-9-10-11-12-13-14-15-16-17-21-38-33-27(2)22-31(23-28(33)3)25-34(29(4)35)32-20-18-19-30(24-32)26-39-40(5,36)37/h18-20,22-24H,6-17,21,25-26H2,1-5H3. The molecule has 40 heavy (non-hydrogen) atoms. The number of nitrogens with zero attached hydrogens (tertiary/aromatic N) is 1. The Morgan fingerprint density at radius 2 is 1.35 bits per heavy atom. The second-order valence-corrected chi connectivity index (χ2v) is 12.7. The number of carbonyl (C=O) groups excluding carboxylic acids is 1. The van der Waals surface area contributed by atoms with Gasteiger partial charge in [-0.05, 0) is 54.7 Å². The Morgan fingerprint density at radius 3 is 1.88 bits per heavy atom. The van der Waals surface area contributed by atoms with Gasteiger partial charge in [0.1, 0.15) is 5.75 Å². The summed E-state index contributed by atoms with van der Waals surface area (Å²) in [6.45, 7) is 8.97. The second kappa shape index (κ2) is 18.1. The summed E-state index contributed by atoms with van der Waals surface area (Å²) < 4.78 is 33.8. The van der Waals surface area contributed by atoms with Crippen LogP contribution in [-0.2, 0) is 32.2 Å². The van der Waals surface area contributed by atoms with E-state index in [0.29, 0.717) is 17.8 Å². The van der Waals surface area contributed by atoms with E-state index in [1.165, 1.54) is 77.6 Å². The van der Waals surface area contributed by atoms with Gasteiger partial charge in [0, 0.05) is 12.6 Å². The monoisotopic (exact) mass is 573 g/mol. The fraction of sp³-hybridized carbons (Fsp3) is 0.606. The smallest absolute Gasteiger partial charge is 0.264 e. The first-order chi connectivity index (χ1) is 19.1. The Labute approximate surface area is 243 Å².